The number of nitrogens with zero attached hydrogens (tertiary/aromatic N) is 1. The van der Waals surface area contributed by atoms with Gasteiger partial charge in [0.1, 0.15) is 11.4 Å². The Morgan fingerprint density at radius 2 is 2.15 bits per heavy atom. The molecule has 0 spiro atoms. The number of nitrogens with one attached hydrogen (secondary N) is 1. The number of aldehydes is 1. The first-order valence-corrected chi connectivity index (χ1v) is 6.98. The monoisotopic (exact) mass is 270 g/mol. The molecule has 3 rings (SSSR count). The van der Waals surface area contributed by atoms with Crippen LogP contribution >= 0.6 is 0 Å². The molecular weight excluding hydrogens is 252 g/mol. The van der Waals surface area contributed by atoms with Crippen LogP contribution in [0.3, 0.4) is 0 Å². The van der Waals surface area contributed by atoms with E-state index in [4.69, 9.17) is 4.74 Å². The number of benzene rings is 1. The summed E-state index contributed by atoms with van der Waals surface area (Å²) in [4.78, 5) is 11.1. The molecule has 20 heavy (non-hydrogen) atoms. The average molecular weight is 270 g/mol. The summed E-state index contributed by atoms with van der Waals surface area (Å²) in [6.07, 6.45) is 5.03. The third-order valence-electron chi connectivity index (χ3n) is 3.42. The van der Waals surface area contributed by atoms with Crippen molar-refractivity contribution in [1.82, 2.24) is 10.2 Å². The van der Waals surface area contributed by atoms with Gasteiger partial charge in [-0.3, -0.25) is 9.89 Å². The molecule has 0 aliphatic heterocycles. The molecule has 0 unspecified atom stereocenters. The molecule has 0 amide bonds. The largest absolute Gasteiger partial charge is 0.491 e. The van der Waals surface area contributed by atoms with E-state index in [0.717, 1.165) is 17.6 Å². The maximum absolute atomic E-state index is 11.1. The molecule has 1 saturated carbocycles. The molecule has 1 aromatic heterocycles. The average Bonchev–Trinajstić information content (AvgIpc) is 3.15. The van der Waals surface area contributed by atoms with Gasteiger partial charge in [0.15, 0.2) is 6.29 Å². The molecule has 0 radical (unpaired) electrons. The Morgan fingerprint density at radius 1 is 1.35 bits per heavy atom. The zero-order chi connectivity index (χ0) is 14.1. The highest BCUT2D eigenvalue weighted by atomic mass is 16.5. The van der Waals surface area contributed by atoms with Crippen molar-refractivity contribution >= 4 is 6.29 Å². The highest BCUT2D eigenvalue weighted by molar-refractivity contribution is 5.85. The standard InChI is InChI=1S/C16H18N2O2/c1-10(2)20-15-6-12(11-3-4-11)5-13(7-15)16-14(9-19)8-17-18-16/h5-11H,3-4H2,1-2H3,(H,17,18). The lowest BCUT2D eigenvalue weighted by Crippen LogP contribution is -2.06. The van der Waals surface area contributed by atoms with Crippen molar-refractivity contribution in [3.05, 3.63) is 35.5 Å². The third kappa shape index (κ3) is 2.59. The van der Waals surface area contributed by atoms with E-state index in [0.29, 0.717) is 17.2 Å². The van der Waals surface area contributed by atoms with Gasteiger partial charge in [0, 0.05) is 11.8 Å². The first-order valence-electron chi connectivity index (χ1n) is 6.98. The fraction of sp³-hybridized carbons (Fsp3) is 0.375. The van der Waals surface area contributed by atoms with Crippen LogP contribution in [0.1, 0.15) is 48.5 Å². The van der Waals surface area contributed by atoms with Crippen LogP contribution in [0, 0.1) is 0 Å². The number of H-pyrrole nitrogens is 1. The zero-order valence-corrected chi connectivity index (χ0v) is 11.7. The Bertz CT molecular complexity index is 627. The Kier molecular flexibility index (Phi) is 3.30. The van der Waals surface area contributed by atoms with Crippen LogP contribution in [0.4, 0.5) is 0 Å². The van der Waals surface area contributed by atoms with Crippen LogP contribution in [-0.2, 0) is 0 Å². The van der Waals surface area contributed by atoms with Gasteiger partial charge in [0.2, 0.25) is 0 Å². The number of aromatic nitrogens is 2. The number of ether oxygens (including phenoxy) is 1. The van der Waals surface area contributed by atoms with E-state index in [1.165, 1.54) is 18.4 Å². The lowest BCUT2D eigenvalue weighted by Gasteiger charge is -2.13. The molecule has 1 heterocycles. The van der Waals surface area contributed by atoms with Crippen molar-refractivity contribution < 1.29 is 9.53 Å². The Hall–Kier alpha value is -2.10. The van der Waals surface area contributed by atoms with E-state index in [-0.39, 0.29) is 6.10 Å². The SMILES string of the molecule is CC(C)Oc1cc(-c2n[nH]cc2C=O)cc(C2CC2)c1. The van der Waals surface area contributed by atoms with E-state index in [1.54, 1.807) is 6.20 Å². The summed E-state index contributed by atoms with van der Waals surface area (Å²) in [6, 6.07) is 6.18. The van der Waals surface area contributed by atoms with Gasteiger partial charge in [-0.25, -0.2) is 0 Å². The van der Waals surface area contributed by atoms with Gasteiger partial charge >= 0.3 is 0 Å². The minimum Gasteiger partial charge on any atom is -0.491 e. The third-order valence-corrected chi connectivity index (χ3v) is 3.42. The van der Waals surface area contributed by atoms with E-state index < -0.39 is 0 Å². The van der Waals surface area contributed by atoms with Gasteiger partial charge in [0.05, 0.1) is 11.7 Å². The van der Waals surface area contributed by atoms with E-state index in [9.17, 15) is 4.79 Å². The first kappa shape index (κ1) is 12.9. The Morgan fingerprint density at radius 3 is 2.80 bits per heavy atom. The van der Waals surface area contributed by atoms with Crippen LogP contribution in [0.25, 0.3) is 11.3 Å². The molecule has 2 aromatic rings. The molecule has 1 aliphatic rings. The minimum absolute atomic E-state index is 0.127. The van der Waals surface area contributed by atoms with Crippen LogP contribution in [-0.4, -0.2) is 22.6 Å². The molecule has 0 bridgehead atoms. The van der Waals surface area contributed by atoms with Crippen molar-refractivity contribution in [1.29, 1.82) is 0 Å². The number of hydrogen-bond donors (Lipinski definition) is 1. The predicted octanol–water partition coefficient (Wildman–Crippen LogP) is 3.55. The fourth-order valence-corrected chi connectivity index (χ4v) is 2.37. The lowest BCUT2D eigenvalue weighted by molar-refractivity contribution is 0.112. The van der Waals surface area contributed by atoms with Gasteiger partial charge in [-0.05, 0) is 56.4 Å². The highest BCUT2D eigenvalue weighted by Crippen LogP contribution is 2.43. The first-order chi connectivity index (χ1) is 9.67. The lowest BCUT2D eigenvalue weighted by atomic mass is 10.0. The quantitative estimate of drug-likeness (QED) is 0.845. The predicted molar refractivity (Wildman–Crippen MR) is 77.2 cm³/mol. The molecule has 4 heteroatoms. The summed E-state index contributed by atoms with van der Waals surface area (Å²) < 4.78 is 5.82. The van der Waals surface area contributed by atoms with Gasteiger partial charge in [0.25, 0.3) is 0 Å². The van der Waals surface area contributed by atoms with Gasteiger partial charge in [-0.2, -0.15) is 5.10 Å². The maximum atomic E-state index is 11.1. The zero-order valence-electron chi connectivity index (χ0n) is 11.7. The summed E-state index contributed by atoms with van der Waals surface area (Å²) in [5, 5.41) is 6.94. The molecule has 0 atom stereocenters. The van der Waals surface area contributed by atoms with Crippen molar-refractivity contribution in [3.8, 4) is 17.0 Å². The molecule has 0 saturated heterocycles. The molecule has 4 nitrogen and oxygen atoms in total. The Labute approximate surface area is 118 Å². The normalized spacial score (nSPS) is 14.6. The summed E-state index contributed by atoms with van der Waals surface area (Å²) in [5.41, 5.74) is 3.48. The smallest absolute Gasteiger partial charge is 0.153 e. The van der Waals surface area contributed by atoms with E-state index >= 15 is 0 Å². The summed E-state index contributed by atoms with van der Waals surface area (Å²) in [7, 11) is 0. The van der Waals surface area contributed by atoms with Crippen molar-refractivity contribution in [2.24, 2.45) is 0 Å². The summed E-state index contributed by atoms with van der Waals surface area (Å²) >= 11 is 0. The van der Waals surface area contributed by atoms with E-state index in [2.05, 4.69) is 22.3 Å². The second-order valence-corrected chi connectivity index (χ2v) is 5.54. The molecule has 1 fully saturated rings. The van der Waals surface area contributed by atoms with Crippen LogP contribution in [0.2, 0.25) is 0 Å². The molecule has 1 aliphatic carbocycles. The topological polar surface area (TPSA) is 55.0 Å². The van der Waals surface area contributed by atoms with Gasteiger partial charge in [-0.15, -0.1) is 0 Å². The van der Waals surface area contributed by atoms with Crippen LogP contribution < -0.4 is 4.74 Å². The molecule has 104 valence electrons. The molecule has 1 N–H and O–H groups in total. The fourth-order valence-electron chi connectivity index (χ4n) is 2.37. The number of rotatable bonds is 5. The maximum Gasteiger partial charge on any atom is 0.153 e. The number of hydrogen-bond acceptors (Lipinski definition) is 3. The molecule has 1 aromatic carbocycles. The van der Waals surface area contributed by atoms with Crippen LogP contribution in [0.5, 0.6) is 5.75 Å². The number of aromatic amines is 1. The van der Waals surface area contributed by atoms with Crippen molar-refractivity contribution in [2.75, 3.05) is 0 Å². The van der Waals surface area contributed by atoms with Gasteiger partial charge in [-0.1, -0.05) is 0 Å². The summed E-state index contributed by atoms with van der Waals surface area (Å²) in [5.74, 6) is 1.47. The molecular formula is C16H18N2O2. The summed E-state index contributed by atoms with van der Waals surface area (Å²) in [6.45, 7) is 4.02. The number of carbonyl (C=O) groups is 1. The van der Waals surface area contributed by atoms with Crippen LogP contribution in [0.15, 0.2) is 24.4 Å². The second kappa shape index (κ2) is 5.12. The van der Waals surface area contributed by atoms with E-state index in [1.807, 2.05) is 19.9 Å². The van der Waals surface area contributed by atoms with Crippen molar-refractivity contribution in [2.45, 2.75) is 38.7 Å². The van der Waals surface area contributed by atoms with Gasteiger partial charge < -0.3 is 4.74 Å². The minimum atomic E-state index is 0.127. The number of carbonyl (C=O) groups excluding carboxylic acids is 1. The Balaban J connectivity index is 2.04. The van der Waals surface area contributed by atoms with Crippen molar-refractivity contribution in [3.63, 3.8) is 0 Å². The second-order valence-electron chi connectivity index (χ2n) is 5.54. The highest BCUT2D eigenvalue weighted by Gasteiger charge is 2.25.